The third-order valence-electron chi connectivity index (χ3n) is 4.16. The van der Waals surface area contributed by atoms with Crippen LogP contribution in [0.2, 0.25) is 0 Å². The van der Waals surface area contributed by atoms with Crippen molar-refractivity contribution in [3.05, 3.63) is 59.7 Å². The van der Waals surface area contributed by atoms with Crippen molar-refractivity contribution in [3.63, 3.8) is 0 Å². The fourth-order valence-corrected chi connectivity index (χ4v) is 2.84. The van der Waals surface area contributed by atoms with Crippen molar-refractivity contribution >= 4 is 11.6 Å². The number of amides is 1. The van der Waals surface area contributed by atoms with Gasteiger partial charge < -0.3 is 20.3 Å². The van der Waals surface area contributed by atoms with Gasteiger partial charge in [0.05, 0.1) is 7.11 Å². The number of ether oxygens (including phenoxy) is 1. The lowest BCUT2D eigenvalue weighted by molar-refractivity contribution is 0.0780. The second-order valence-electron chi connectivity index (χ2n) is 5.79. The summed E-state index contributed by atoms with van der Waals surface area (Å²) in [4.78, 5) is 14.3. The van der Waals surface area contributed by atoms with Gasteiger partial charge in [-0.3, -0.25) is 4.79 Å². The number of methoxy groups -OCH3 is 1. The molecule has 3 rings (SSSR count). The standard InChI is InChI=1S/C19H23N3O2/c1-24-17-8-7-15-14-22(19(23)18(15)13-17)12-11-20-9-10-21-16-5-3-2-4-6-16/h2-8,13,20-21H,9-12,14H2,1H3. The van der Waals surface area contributed by atoms with Crippen LogP contribution in [0.25, 0.3) is 0 Å². The van der Waals surface area contributed by atoms with Gasteiger partial charge in [0.2, 0.25) is 0 Å². The molecule has 0 saturated carbocycles. The van der Waals surface area contributed by atoms with Crippen LogP contribution in [0.15, 0.2) is 48.5 Å². The first-order valence-corrected chi connectivity index (χ1v) is 8.24. The van der Waals surface area contributed by atoms with Gasteiger partial charge in [0.1, 0.15) is 5.75 Å². The fourth-order valence-electron chi connectivity index (χ4n) is 2.84. The Balaban J connectivity index is 1.38. The van der Waals surface area contributed by atoms with Gasteiger partial charge in [-0.25, -0.2) is 0 Å². The molecule has 0 aromatic heterocycles. The van der Waals surface area contributed by atoms with E-state index >= 15 is 0 Å². The zero-order valence-electron chi connectivity index (χ0n) is 13.9. The number of carbonyl (C=O) groups excluding carboxylic acids is 1. The summed E-state index contributed by atoms with van der Waals surface area (Å²) in [5, 5.41) is 6.72. The summed E-state index contributed by atoms with van der Waals surface area (Å²) in [5.41, 5.74) is 2.96. The maximum Gasteiger partial charge on any atom is 0.254 e. The Kier molecular flexibility index (Phi) is 5.33. The number of rotatable bonds is 8. The smallest absolute Gasteiger partial charge is 0.254 e. The maximum absolute atomic E-state index is 12.4. The summed E-state index contributed by atoms with van der Waals surface area (Å²) in [6.07, 6.45) is 0. The molecule has 5 nitrogen and oxygen atoms in total. The minimum Gasteiger partial charge on any atom is -0.497 e. The highest BCUT2D eigenvalue weighted by atomic mass is 16.5. The highest BCUT2D eigenvalue weighted by Crippen LogP contribution is 2.26. The van der Waals surface area contributed by atoms with Crippen LogP contribution < -0.4 is 15.4 Å². The second kappa shape index (κ2) is 7.84. The van der Waals surface area contributed by atoms with E-state index in [0.717, 1.165) is 42.2 Å². The van der Waals surface area contributed by atoms with Crippen LogP contribution in [0.3, 0.4) is 0 Å². The average Bonchev–Trinajstić information content (AvgIpc) is 2.94. The Morgan fingerprint density at radius 2 is 1.92 bits per heavy atom. The van der Waals surface area contributed by atoms with Crippen LogP contribution in [-0.2, 0) is 6.54 Å². The SMILES string of the molecule is COc1ccc2c(c1)C(=O)N(CCNCCNc1ccccc1)C2. The molecule has 126 valence electrons. The summed E-state index contributed by atoms with van der Waals surface area (Å²) >= 11 is 0. The lowest BCUT2D eigenvalue weighted by Gasteiger charge is -2.16. The first-order valence-electron chi connectivity index (χ1n) is 8.24. The van der Waals surface area contributed by atoms with E-state index in [0.29, 0.717) is 13.1 Å². The van der Waals surface area contributed by atoms with E-state index < -0.39 is 0 Å². The molecule has 1 amide bonds. The van der Waals surface area contributed by atoms with Gasteiger partial charge >= 0.3 is 0 Å². The summed E-state index contributed by atoms with van der Waals surface area (Å²) in [6.45, 7) is 3.89. The van der Waals surface area contributed by atoms with Gasteiger partial charge in [0.25, 0.3) is 5.91 Å². The number of hydrogen-bond donors (Lipinski definition) is 2. The van der Waals surface area contributed by atoms with Gasteiger partial charge in [-0.2, -0.15) is 0 Å². The molecule has 0 aliphatic carbocycles. The van der Waals surface area contributed by atoms with Crippen LogP contribution in [0, 0.1) is 0 Å². The molecule has 2 aromatic rings. The molecule has 24 heavy (non-hydrogen) atoms. The Labute approximate surface area is 142 Å². The Bertz CT molecular complexity index is 688. The summed E-state index contributed by atoms with van der Waals surface area (Å²) in [6, 6.07) is 15.8. The predicted molar refractivity (Wildman–Crippen MR) is 95.5 cm³/mol. The van der Waals surface area contributed by atoms with Crippen molar-refractivity contribution in [2.24, 2.45) is 0 Å². The zero-order valence-corrected chi connectivity index (χ0v) is 13.9. The Hall–Kier alpha value is -2.53. The molecule has 0 fully saturated rings. The van der Waals surface area contributed by atoms with Gasteiger partial charge in [-0.1, -0.05) is 24.3 Å². The average molecular weight is 325 g/mol. The quantitative estimate of drug-likeness (QED) is 0.732. The molecule has 5 heteroatoms. The Morgan fingerprint density at radius 3 is 2.71 bits per heavy atom. The number of carbonyl (C=O) groups is 1. The van der Waals surface area contributed by atoms with Gasteiger partial charge in [0.15, 0.2) is 0 Å². The van der Waals surface area contributed by atoms with Crippen molar-refractivity contribution in [2.45, 2.75) is 6.54 Å². The van der Waals surface area contributed by atoms with Crippen LogP contribution in [0.1, 0.15) is 15.9 Å². The number of anilines is 1. The van der Waals surface area contributed by atoms with E-state index in [1.54, 1.807) is 7.11 Å². The molecule has 0 spiro atoms. The molecule has 0 saturated heterocycles. The van der Waals surface area contributed by atoms with Crippen molar-refractivity contribution in [2.75, 3.05) is 38.6 Å². The molecule has 1 aliphatic rings. The molecule has 0 radical (unpaired) electrons. The minimum absolute atomic E-state index is 0.0908. The van der Waals surface area contributed by atoms with E-state index in [9.17, 15) is 4.79 Å². The normalized spacial score (nSPS) is 13.0. The number of hydrogen-bond acceptors (Lipinski definition) is 4. The fraction of sp³-hybridized carbons (Fsp3) is 0.316. The summed E-state index contributed by atoms with van der Waals surface area (Å²) in [5.74, 6) is 0.821. The first-order chi connectivity index (χ1) is 11.8. The largest absolute Gasteiger partial charge is 0.497 e. The zero-order chi connectivity index (χ0) is 16.8. The van der Waals surface area contributed by atoms with Gasteiger partial charge in [0, 0.05) is 44.0 Å². The number of para-hydroxylation sites is 1. The van der Waals surface area contributed by atoms with Crippen LogP contribution >= 0.6 is 0 Å². The highest BCUT2D eigenvalue weighted by Gasteiger charge is 2.27. The van der Waals surface area contributed by atoms with Gasteiger partial charge in [-0.15, -0.1) is 0 Å². The lowest BCUT2D eigenvalue weighted by atomic mass is 10.1. The third-order valence-corrected chi connectivity index (χ3v) is 4.16. The molecule has 1 aliphatic heterocycles. The van der Waals surface area contributed by atoms with Crippen molar-refractivity contribution in [1.29, 1.82) is 0 Å². The number of benzene rings is 2. The molecule has 0 bridgehead atoms. The summed E-state index contributed by atoms with van der Waals surface area (Å²) < 4.78 is 5.19. The number of nitrogens with zero attached hydrogens (tertiary/aromatic N) is 1. The van der Waals surface area contributed by atoms with Crippen molar-refractivity contribution < 1.29 is 9.53 Å². The topological polar surface area (TPSA) is 53.6 Å². The van der Waals surface area contributed by atoms with Crippen LogP contribution in [0.4, 0.5) is 5.69 Å². The summed E-state index contributed by atoms with van der Waals surface area (Å²) in [7, 11) is 1.62. The minimum atomic E-state index is 0.0908. The second-order valence-corrected chi connectivity index (χ2v) is 5.79. The molecule has 2 aromatic carbocycles. The Morgan fingerprint density at radius 1 is 1.08 bits per heavy atom. The van der Waals surface area contributed by atoms with E-state index in [4.69, 9.17) is 4.74 Å². The van der Waals surface area contributed by atoms with Crippen molar-refractivity contribution in [3.8, 4) is 5.75 Å². The van der Waals surface area contributed by atoms with Gasteiger partial charge in [-0.05, 0) is 29.8 Å². The molecular weight excluding hydrogens is 302 g/mol. The predicted octanol–water partition coefficient (Wildman–Crippen LogP) is 2.35. The maximum atomic E-state index is 12.4. The monoisotopic (exact) mass is 325 g/mol. The van der Waals surface area contributed by atoms with Crippen LogP contribution in [0.5, 0.6) is 5.75 Å². The molecule has 0 unspecified atom stereocenters. The number of fused-ring (bicyclic) bond motifs is 1. The van der Waals surface area contributed by atoms with E-state index in [1.165, 1.54) is 0 Å². The van der Waals surface area contributed by atoms with Crippen LogP contribution in [-0.4, -0.2) is 44.1 Å². The van der Waals surface area contributed by atoms with E-state index in [-0.39, 0.29) is 5.91 Å². The van der Waals surface area contributed by atoms with Crippen molar-refractivity contribution in [1.82, 2.24) is 10.2 Å². The molecular formula is C19H23N3O2. The third kappa shape index (κ3) is 3.86. The number of nitrogens with one attached hydrogen (secondary N) is 2. The molecule has 0 atom stereocenters. The van der Waals surface area contributed by atoms with E-state index in [1.807, 2.05) is 53.4 Å². The first kappa shape index (κ1) is 16.3. The lowest BCUT2D eigenvalue weighted by Crippen LogP contribution is -2.34. The highest BCUT2D eigenvalue weighted by molar-refractivity contribution is 5.98. The molecule has 2 N–H and O–H groups in total. The molecule has 1 heterocycles. The van der Waals surface area contributed by atoms with E-state index in [2.05, 4.69) is 10.6 Å².